The van der Waals surface area contributed by atoms with Gasteiger partial charge in [0.15, 0.2) is 25.6 Å². The van der Waals surface area contributed by atoms with Crippen LogP contribution in [0.3, 0.4) is 0 Å². The third kappa shape index (κ3) is 9.94. The molecule has 1 atom stereocenters. The van der Waals surface area contributed by atoms with Crippen molar-refractivity contribution in [1.82, 2.24) is 9.88 Å². The van der Waals surface area contributed by atoms with Crippen molar-refractivity contribution in [2.45, 2.75) is 84.3 Å². The molecule has 0 saturated heterocycles. The predicted octanol–water partition coefficient (Wildman–Crippen LogP) is 9.42. The Morgan fingerprint density at radius 3 is 2.06 bits per heavy atom. The van der Waals surface area contributed by atoms with Gasteiger partial charge in [0.05, 0.1) is 39.5 Å². The molecule has 11 heteroatoms. The minimum atomic E-state index is -2.36. The summed E-state index contributed by atoms with van der Waals surface area (Å²) in [6.07, 6.45) is 2.40. The Kier molecular flexibility index (Phi) is 13.8. The van der Waals surface area contributed by atoms with Gasteiger partial charge in [0.2, 0.25) is 0 Å². The number of hydrogen-bond acceptors (Lipinski definition) is 7. The molecule has 1 heterocycles. The lowest BCUT2D eigenvalue weighted by molar-refractivity contribution is -0.142. The second-order valence-electron chi connectivity index (χ2n) is 15.0. The Balaban J connectivity index is 1.87. The number of ether oxygens (including phenoxy) is 3. The van der Waals surface area contributed by atoms with E-state index in [-0.39, 0.29) is 42.2 Å². The first-order valence-electron chi connectivity index (χ1n) is 18.0. The number of nitrogens with one attached hydrogen (secondary N) is 1. The molecule has 0 fully saturated rings. The number of benzene rings is 3. The highest BCUT2D eigenvalue weighted by Crippen LogP contribution is 2.43. The SMILES string of the molecule is COC(=O)C[C@H](CC(=O)/C=C/c1c(-c2ccc(F)cc2)c(-c2ccccc2)c(C(=O)NCc2ccc(OC)c(OC)c2)n1C(C)C)O[Si](C)(C)C(C)(C)C. The van der Waals surface area contributed by atoms with Crippen LogP contribution in [0.2, 0.25) is 18.1 Å². The number of aromatic nitrogens is 1. The third-order valence-electron chi connectivity index (χ3n) is 9.82. The Bertz CT molecular complexity index is 1960. The smallest absolute Gasteiger partial charge is 0.308 e. The van der Waals surface area contributed by atoms with E-state index >= 15 is 0 Å². The highest BCUT2D eigenvalue weighted by atomic mass is 28.4. The van der Waals surface area contributed by atoms with E-state index in [4.69, 9.17) is 18.6 Å². The number of ketones is 1. The summed E-state index contributed by atoms with van der Waals surface area (Å²) in [7, 11) is 2.08. The standard InChI is InChI=1S/C43H53FN2O7Si/c1-28(2)46-35(22-21-33(47)25-34(26-38(48)52-8)53-54(9,10)43(3,4)5)39(31-17-19-32(44)20-18-31)40(30-14-12-11-13-15-30)41(46)42(49)45-27-29-16-23-36(50-6)37(24-29)51-7/h11-24,28,34H,25-27H2,1-10H3,(H,45,49)/b22-21+/t34-/m0/s1. The Morgan fingerprint density at radius 2 is 1.48 bits per heavy atom. The summed E-state index contributed by atoms with van der Waals surface area (Å²) in [5.74, 6) is -0.344. The molecule has 0 unspecified atom stereocenters. The lowest BCUT2D eigenvalue weighted by Gasteiger charge is -2.39. The number of carbonyl (C=O) groups excluding carboxylic acids is 3. The second kappa shape index (κ2) is 17.9. The lowest BCUT2D eigenvalue weighted by Crippen LogP contribution is -2.44. The molecule has 1 aromatic heterocycles. The molecule has 4 aromatic rings. The van der Waals surface area contributed by atoms with Crippen molar-refractivity contribution < 1.29 is 37.4 Å². The Labute approximate surface area is 319 Å². The summed E-state index contributed by atoms with van der Waals surface area (Å²) in [6.45, 7) is 14.6. The molecule has 3 aromatic carbocycles. The van der Waals surface area contributed by atoms with Gasteiger partial charge in [-0.05, 0) is 85.1 Å². The number of rotatable bonds is 16. The van der Waals surface area contributed by atoms with Crippen LogP contribution in [0.1, 0.15) is 75.2 Å². The number of hydrogen-bond donors (Lipinski definition) is 1. The van der Waals surface area contributed by atoms with Crippen LogP contribution in [-0.2, 0) is 25.3 Å². The van der Waals surface area contributed by atoms with Crippen molar-refractivity contribution in [3.05, 3.63) is 102 Å². The van der Waals surface area contributed by atoms with Crippen LogP contribution in [0.4, 0.5) is 4.39 Å². The highest BCUT2D eigenvalue weighted by molar-refractivity contribution is 6.74. The zero-order valence-electron chi connectivity index (χ0n) is 33.0. The van der Waals surface area contributed by atoms with Gasteiger partial charge in [0.1, 0.15) is 11.5 Å². The zero-order chi connectivity index (χ0) is 39.8. The van der Waals surface area contributed by atoms with Gasteiger partial charge >= 0.3 is 5.97 Å². The van der Waals surface area contributed by atoms with Gasteiger partial charge in [-0.25, -0.2) is 4.39 Å². The molecule has 1 N–H and O–H groups in total. The third-order valence-corrected chi connectivity index (χ3v) is 14.4. The van der Waals surface area contributed by atoms with Crippen LogP contribution in [0.5, 0.6) is 11.5 Å². The molecule has 4 rings (SSSR count). The molecule has 0 aliphatic heterocycles. The number of allylic oxidation sites excluding steroid dienone is 1. The van der Waals surface area contributed by atoms with Crippen LogP contribution < -0.4 is 14.8 Å². The normalized spacial score (nSPS) is 12.5. The van der Waals surface area contributed by atoms with E-state index in [1.165, 1.54) is 25.3 Å². The number of amides is 1. The quantitative estimate of drug-likeness (QED) is 0.0690. The monoisotopic (exact) mass is 756 g/mol. The van der Waals surface area contributed by atoms with Gasteiger partial charge in [-0.2, -0.15) is 0 Å². The first-order valence-corrected chi connectivity index (χ1v) is 21.0. The summed E-state index contributed by atoms with van der Waals surface area (Å²) in [5, 5.41) is 2.95. The molecule has 288 valence electrons. The van der Waals surface area contributed by atoms with Crippen molar-refractivity contribution in [3.8, 4) is 33.8 Å². The van der Waals surface area contributed by atoms with E-state index in [1.807, 2.05) is 60.9 Å². The molecule has 54 heavy (non-hydrogen) atoms. The summed E-state index contributed by atoms with van der Waals surface area (Å²) in [6, 6.07) is 20.8. The maximum atomic E-state index is 14.5. The van der Waals surface area contributed by atoms with E-state index < -0.39 is 26.2 Å². The minimum absolute atomic E-state index is 0.0451. The van der Waals surface area contributed by atoms with Crippen molar-refractivity contribution in [2.24, 2.45) is 0 Å². The van der Waals surface area contributed by atoms with Crippen LogP contribution in [0.15, 0.2) is 78.9 Å². The molecule has 0 spiro atoms. The number of methoxy groups -OCH3 is 3. The molecular formula is C43H53FN2O7Si. The number of carbonyl (C=O) groups is 3. The molecule has 0 aliphatic rings. The van der Waals surface area contributed by atoms with Crippen molar-refractivity contribution in [2.75, 3.05) is 21.3 Å². The van der Waals surface area contributed by atoms with Gasteiger partial charge in [0, 0.05) is 30.1 Å². The fourth-order valence-electron chi connectivity index (χ4n) is 6.06. The molecule has 0 saturated carbocycles. The number of halogens is 1. The minimum Gasteiger partial charge on any atom is -0.493 e. The Morgan fingerprint density at radius 1 is 0.852 bits per heavy atom. The fraction of sp³-hybridized carbons (Fsp3) is 0.372. The van der Waals surface area contributed by atoms with Gasteiger partial charge in [0.25, 0.3) is 5.91 Å². The van der Waals surface area contributed by atoms with Crippen LogP contribution in [0.25, 0.3) is 28.3 Å². The number of esters is 1. The first-order chi connectivity index (χ1) is 25.5. The van der Waals surface area contributed by atoms with Gasteiger partial charge in [-0.15, -0.1) is 0 Å². The van der Waals surface area contributed by atoms with E-state index in [2.05, 4.69) is 39.2 Å². The van der Waals surface area contributed by atoms with Crippen LogP contribution in [0, 0.1) is 5.82 Å². The van der Waals surface area contributed by atoms with Gasteiger partial charge in [-0.1, -0.05) is 69.3 Å². The van der Waals surface area contributed by atoms with E-state index in [9.17, 15) is 18.8 Å². The van der Waals surface area contributed by atoms with Crippen molar-refractivity contribution in [3.63, 3.8) is 0 Å². The maximum Gasteiger partial charge on any atom is 0.308 e. The largest absolute Gasteiger partial charge is 0.493 e. The topological polar surface area (TPSA) is 105 Å². The number of nitrogens with zero attached hydrogens (tertiary/aromatic N) is 1. The molecule has 1 amide bonds. The van der Waals surface area contributed by atoms with E-state index in [0.29, 0.717) is 39.6 Å². The second-order valence-corrected chi connectivity index (χ2v) is 19.7. The van der Waals surface area contributed by atoms with Gasteiger partial charge < -0.3 is 28.5 Å². The first kappa shape index (κ1) is 41.7. The molecule has 0 aliphatic carbocycles. The zero-order valence-corrected chi connectivity index (χ0v) is 34.0. The molecule has 0 bridgehead atoms. The molecular weight excluding hydrogens is 704 g/mol. The summed E-state index contributed by atoms with van der Waals surface area (Å²) in [4.78, 5) is 40.7. The van der Waals surface area contributed by atoms with Crippen molar-refractivity contribution in [1.29, 1.82) is 0 Å². The maximum absolute atomic E-state index is 14.5. The molecule has 0 radical (unpaired) electrons. The van der Waals surface area contributed by atoms with Crippen LogP contribution in [-0.4, -0.2) is 58.0 Å². The lowest BCUT2D eigenvalue weighted by atomic mass is 9.94. The summed E-state index contributed by atoms with van der Waals surface area (Å²) in [5.41, 5.74) is 4.52. The summed E-state index contributed by atoms with van der Waals surface area (Å²) >= 11 is 0. The Hall–Kier alpha value is -5.00. The average Bonchev–Trinajstić information content (AvgIpc) is 3.48. The van der Waals surface area contributed by atoms with E-state index in [0.717, 1.165) is 11.1 Å². The fourth-order valence-corrected chi connectivity index (χ4v) is 7.42. The van der Waals surface area contributed by atoms with E-state index in [1.54, 1.807) is 38.5 Å². The summed E-state index contributed by atoms with van der Waals surface area (Å²) < 4.78 is 38.6. The van der Waals surface area contributed by atoms with Crippen molar-refractivity contribution >= 4 is 32.1 Å². The predicted molar refractivity (Wildman–Crippen MR) is 214 cm³/mol. The highest BCUT2D eigenvalue weighted by Gasteiger charge is 2.40. The van der Waals surface area contributed by atoms with Gasteiger partial charge in [-0.3, -0.25) is 14.4 Å². The average molecular weight is 757 g/mol. The molecule has 9 nitrogen and oxygen atoms in total. The van der Waals surface area contributed by atoms with Crippen LogP contribution >= 0.6 is 0 Å².